The second-order valence-electron chi connectivity index (χ2n) is 4.81. The van der Waals surface area contributed by atoms with Gasteiger partial charge in [0, 0.05) is 22.8 Å². The minimum Gasteiger partial charge on any atom is -0.455 e. The van der Waals surface area contributed by atoms with E-state index in [2.05, 4.69) is 19.2 Å². The van der Waals surface area contributed by atoms with Gasteiger partial charge in [-0.1, -0.05) is 26.7 Å². The highest BCUT2D eigenvalue weighted by Crippen LogP contribution is 2.23. The van der Waals surface area contributed by atoms with Crippen molar-refractivity contribution >= 4 is 25.6 Å². The summed E-state index contributed by atoms with van der Waals surface area (Å²) >= 11 is 0. The SMILES string of the molecule is CCC(CC)C(C)NC(=O)c1cc(S(=O)(=O)Cl)c(C)o1. The highest BCUT2D eigenvalue weighted by atomic mass is 35.7. The zero-order valence-corrected chi connectivity index (χ0v) is 13.6. The van der Waals surface area contributed by atoms with E-state index in [-0.39, 0.29) is 22.5 Å². The van der Waals surface area contributed by atoms with E-state index in [1.54, 1.807) is 0 Å². The Hall–Kier alpha value is -1.01. The lowest BCUT2D eigenvalue weighted by molar-refractivity contribution is 0.0895. The molecule has 7 heteroatoms. The first-order chi connectivity index (χ1) is 9.20. The largest absolute Gasteiger partial charge is 0.455 e. The number of amides is 1. The van der Waals surface area contributed by atoms with Gasteiger partial charge in [-0.3, -0.25) is 4.79 Å². The first-order valence-electron chi connectivity index (χ1n) is 6.56. The van der Waals surface area contributed by atoms with E-state index in [0.29, 0.717) is 5.92 Å². The zero-order valence-electron chi connectivity index (χ0n) is 12.1. The number of hydrogen-bond donors (Lipinski definition) is 1. The molecule has 0 aliphatic heterocycles. The van der Waals surface area contributed by atoms with Gasteiger partial charge in [0.05, 0.1) is 0 Å². The van der Waals surface area contributed by atoms with Gasteiger partial charge < -0.3 is 9.73 Å². The van der Waals surface area contributed by atoms with Crippen molar-refractivity contribution in [3.8, 4) is 0 Å². The quantitative estimate of drug-likeness (QED) is 0.817. The summed E-state index contributed by atoms with van der Waals surface area (Å²) in [5.74, 6) is 0.00479. The molecule has 0 saturated heterocycles. The summed E-state index contributed by atoms with van der Waals surface area (Å²) in [4.78, 5) is 11.9. The van der Waals surface area contributed by atoms with E-state index < -0.39 is 15.0 Å². The maximum atomic E-state index is 12.0. The van der Waals surface area contributed by atoms with Crippen molar-refractivity contribution in [1.29, 1.82) is 0 Å². The summed E-state index contributed by atoms with van der Waals surface area (Å²) in [7, 11) is 1.36. The summed E-state index contributed by atoms with van der Waals surface area (Å²) in [6.45, 7) is 7.50. The molecule has 0 fully saturated rings. The van der Waals surface area contributed by atoms with E-state index in [0.717, 1.165) is 18.9 Å². The van der Waals surface area contributed by atoms with Crippen LogP contribution in [0, 0.1) is 12.8 Å². The lowest BCUT2D eigenvalue weighted by Crippen LogP contribution is -2.37. The first kappa shape index (κ1) is 17.0. The van der Waals surface area contributed by atoms with Gasteiger partial charge in [-0.2, -0.15) is 0 Å². The van der Waals surface area contributed by atoms with Crippen molar-refractivity contribution < 1.29 is 17.6 Å². The molecule has 5 nitrogen and oxygen atoms in total. The van der Waals surface area contributed by atoms with Crippen LogP contribution in [0.3, 0.4) is 0 Å². The number of carbonyl (C=O) groups excluding carboxylic acids is 1. The van der Waals surface area contributed by atoms with Crippen molar-refractivity contribution in [3.63, 3.8) is 0 Å². The molecular formula is C13H20ClNO4S. The fraction of sp³-hybridized carbons (Fsp3) is 0.615. The Balaban J connectivity index is 2.89. The van der Waals surface area contributed by atoms with Crippen molar-refractivity contribution in [3.05, 3.63) is 17.6 Å². The lowest BCUT2D eigenvalue weighted by atomic mass is 9.95. The normalized spacial score (nSPS) is 13.5. The summed E-state index contributed by atoms with van der Waals surface area (Å²) in [6, 6.07) is 1.14. The molecular weight excluding hydrogens is 302 g/mol. The number of rotatable bonds is 6. The molecule has 1 N–H and O–H groups in total. The van der Waals surface area contributed by atoms with Gasteiger partial charge in [0.1, 0.15) is 10.7 Å². The van der Waals surface area contributed by atoms with Gasteiger partial charge in [0.15, 0.2) is 5.76 Å². The molecule has 20 heavy (non-hydrogen) atoms. The Morgan fingerprint density at radius 3 is 2.35 bits per heavy atom. The second-order valence-corrected chi connectivity index (χ2v) is 7.34. The minimum absolute atomic E-state index is 0.0148. The van der Waals surface area contributed by atoms with Gasteiger partial charge in [0.2, 0.25) is 0 Å². The topological polar surface area (TPSA) is 76.4 Å². The molecule has 0 saturated carbocycles. The maximum Gasteiger partial charge on any atom is 0.287 e. The molecule has 1 amide bonds. The number of nitrogens with one attached hydrogen (secondary N) is 1. The molecule has 1 aromatic rings. The van der Waals surface area contributed by atoms with Gasteiger partial charge in [-0.15, -0.1) is 0 Å². The molecule has 0 spiro atoms. The summed E-state index contributed by atoms with van der Waals surface area (Å²) in [5.41, 5.74) is 0. The number of hydrogen-bond acceptors (Lipinski definition) is 4. The molecule has 1 atom stereocenters. The Bertz CT molecular complexity index is 575. The molecule has 1 unspecified atom stereocenters. The van der Waals surface area contributed by atoms with Crippen molar-refractivity contribution in [2.24, 2.45) is 5.92 Å². The van der Waals surface area contributed by atoms with Crippen molar-refractivity contribution in [2.45, 2.75) is 51.5 Å². The summed E-state index contributed by atoms with van der Waals surface area (Å²) < 4.78 is 27.7. The number of halogens is 1. The summed E-state index contributed by atoms with van der Waals surface area (Å²) in [5, 5.41) is 2.82. The van der Waals surface area contributed by atoms with Gasteiger partial charge >= 0.3 is 0 Å². The first-order valence-corrected chi connectivity index (χ1v) is 8.87. The highest BCUT2D eigenvalue weighted by molar-refractivity contribution is 8.13. The minimum atomic E-state index is -3.90. The van der Waals surface area contributed by atoms with Crippen LogP contribution in [0.5, 0.6) is 0 Å². The molecule has 0 aliphatic carbocycles. The predicted octanol–water partition coefficient (Wildman–Crippen LogP) is 3.07. The number of carbonyl (C=O) groups is 1. The van der Waals surface area contributed by atoms with Crippen LogP contribution in [-0.4, -0.2) is 20.4 Å². The molecule has 1 aromatic heterocycles. The zero-order chi connectivity index (χ0) is 15.5. The molecule has 1 heterocycles. The Morgan fingerprint density at radius 1 is 1.40 bits per heavy atom. The average molecular weight is 322 g/mol. The third-order valence-electron chi connectivity index (χ3n) is 3.47. The predicted molar refractivity (Wildman–Crippen MR) is 77.5 cm³/mol. The third kappa shape index (κ3) is 3.99. The van der Waals surface area contributed by atoms with E-state index in [9.17, 15) is 13.2 Å². The van der Waals surface area contributed by atoms with Crippen LogP contribution >= 0.6 is 10.7 Å². The molecule has 0 bridgehead atoms. The van der Waals surface area contributed by atoms with E-state index in [4.69, 9.17) is 15.1 Å². The molecule has 0 aliphatic rings. The Kier molecular flexibility index (Phi) is 5.65. The van der Waals surface area contributed by atoms with Gasteiger partial charge in [-0.05, 0) is 19.8 Å². The van der Waals surface area contributed by atoms with Crippen LogP contribution < -0.4 is 5.32 Å². The molecule has 1 rings (SSSR count). The van der Waals surface area contributed by atoms with Crippen LogP contribution in [0.4, 0.5) is 0 Å². The Morgan fingerprint density at radius 2 is 1.95 bits per heavy atom. The standard InChI is InChI=1S/C13H20ClNO4S/c1-5-10(6-2)8(3)15-13(16)11-7-12(9(4)19-11)20(14,17)18/h7-8,10H,5-6H2,1-4H3,(H,15,16). The van der Waals surface area contributed by atoms with Gasteiger partial charge in [0.25, 0.3) is 15.0 Å². The summed E-state index contributed by atoms with van der Waals surface area (Å²) in [6.07, 6.45) is 1.91. The van der Waals surface area contributed by atoms with Crippen LogP contribution in [-0.2, 0) is 9.05 Å². The van der Waals surface area contributed by atoms with E-state index in [1.165, 1.54) is 6.92 Å². The lowest BCUT2D eigenvalue weighted by Gasteiger charge is -2.21. The van der Waals surface area contributed by atoms with Crippen LogP contribution in [0.15, 0.2) is 15.4 Å². The average Bonchev–Trinajstić information content (AvgIpc) is 2.72. The van der Waals surface area contributed by atoms with E-state index >= 15 is 0 Å². The van der Waals surface area contributed by atoms with Crippen LogP contribution in [0.1, 0.15) is 49.9 Å². The fourth-order valence-corrected chi connectivity index (χ4v) is 3.30. The fourth-order valence-electron chi connectivity index (χ4n) is 2.21. The van der Waals surface area contributed by atoms with E-state index in [1.807, 2.05) is 6.92 Å². The molecule has 0 aromatic carbocycles. The van der Waals surface area contributed by atoms with Crippen molar-refractivity contribution in [2.75, 3.05) is 0 Å². The second kappa shape index (κ2) is 6.63. The Labute approximate surface area is 124 Å². The van der Waals surface area contributed by atoms with Crippen molar-refractivity contribution in [1.82, 2.24) is 5.32 Å². The van der Waals surface area contributed by atoms with Crippen LogP contribution in [0.2, 0.25) is 0 Å². The maximum absolute atomic E-state index is 12.0. The molecule has 114 valence electrons. The monoisotopic (exact) mass is 321 g/mol. The third-order valence-corrected chi connectivity index (χ3v) is 4.90. The number of furan rings is 1. The number of aryl methyl sites for hydroxylation is 1. The smallest absolute Gasteiger partial charge is 0.287 e. The molecule has 0 radical (unpaired) electrons. The van der Waals surface area contributed by atoms with Gasteiger partial charge in [-0.25, -0.2) is 8.42 Å². The van der Waals surface area contributed by atoms with Crippen LogP contribution in [0.25, 0.3) is 0 Å². The highest BCUT2D eigenvalue weighted by Gasteiger charge is 2.24.